The third-order valence-electron chi connectivity index (χ3n) is 7.33. The molecule has 2 unspecified atom stereocenters. The fourth-order valence-electron chi connectivity index (χ4n) is 4.77. The molecule has 0 saturated heterocycles. The fourth-order valence-corrected chi connectivity index (χ4v) is 5.37. The van der Waals surface area contributed by atoms with E-state index < -0.39 is 37.3 Å². The maximum absolute atomic E-state index is 13.2. The summed E-state index contributed by atoms with van der Waals surface area (Å²) in [5.41, 5.74) is 1.64. The van der Waals surface area contributed by atoms with Crippen LogP contribution in [-0.4, -0.2) is 36.9 Å². The lowest BCUT2D eigenvalue weighted by atomic mass is 10.0. The number of aromatic nitrogens is 1. The number of carbonyl (C=O) groups excluding carboxylic acids is 1. The summed E-state index contributed by atoms with van der Waals surface area (Å²) in [6.07, 6.45) is 2.96. The number of hydrogen-bond acceptors (Lipinski definition) is 8. The van der Waals surface area contributed by atoms with Crippen molar-refractivity contribution in [1.29, 1.82) is 0 Å². The Hall–Kier alpha value is -4.81. The summed E-state index contributed by atoms with van der Waals surface area (Å²) in [5.74, 6) is -1.47. The number of benzene rings is 3. The predicted molar refractivity (Wildman–Crippen MR) is 172 cm³/mol. The molecule has 2 atom stereocenters. The second-order valence-electron chi connectivity index (χ2n) is 11.0. The number of carbonyl (C=O) groups is 2. The van der Waals surface area contributed by atoms with E-state index in [-0.39, 0.29) is 33.7 Å². The lowest BCUT2D eigenvalue weighted by molar-refractivity contribution is -0.605. The molecule has 1 fully saturated rings. The number of alkyl halides is 2. The van der Waals surface area contributed by atoms with Gasteiger partial charge in [-0.25, -0.2) is 9.59 Å². The molecule has 10 nitrogen and oxygen atoms in total. The molecule has 5 rings (SSSR count). The number of hydrogen-bond donors (Lipinski definition) is 2. The summed E-state index contributed by atoms with van der Waals surface area (Å²) in [4.78, 5) is 25.1. The number of ether oxygens (including phenoxy) is 4. The van der Waals surface area contributed by atoms with E-state index in [1.165, 1.54) is 24.3 Å². The van der Waals surface area contributed by atoms with Crippen LogP contribution < -0.4 is 24.3 Å². The van der Waals surface area contributed by atoms with Crippen molar-refractivity contribution in [3.8, 4) is 17.2 Å². The van der Waals surface area contributed by atoms with Crippen LogP contribution in [0.4, 0.5) is 14.5 Å². The average Bonchev–Trinajstić information content (AvgIpc) is 3.88. The molecule has 48 heavy (non-hydrogen) atoms. The van der Waals surface area contributed by atoms with Crippen LogP contribution in [0.15, 0.2) is 85.2 Å². The lowest BCUT2D eigenvalue weighted by Crippen LogP contribution is -2.26. The minimum atomic E-state index is -3.09. The number of carboxylic acids is 1. The highest BCUT2D eigenvalue weighted by Crippen LogP contribution is 2.38. The van der Waals surface area contributed by atoms with Crippen molar-refractivity contribution in [1.82, 2.24) is 0 Å². The summed E-state index contributed by atoms with van der Waals surface area (Å²) in [6, 6.07) is 18.2. The van der Waals surface area contributed by atoms with Crippen LogP contribution in [0.5, 0.6) is 17.2 Å². The van der Waals surface area contributed by atoms with Crippen LogP contribution in [0, 0.1) is 11.1 Å². The fraction of sp³-hybridized carbons (Fsp3) is 0.265. The highest BCUT2D eigenvalue weighted by Gasteiger charge is 2.27. The molecule has 0 spiro atoms. The molecule has 1 saturated carbocycles. The van der Waals surface area contributed by atoms with Crippen molar-refractivity contribution in [2.45, 2.75) is 38.0 Å². The number of rotatable bonds is 16. The summed E-state index contributed by atoms with van der Waals surface area (Å²) in [7, 11) is 0. The normalized spacial score (nSPS) is 13.8. The van der Waals surface area contributed by atoms with Gasteiger partial charge in [-0.1, -0.05) is 65.7 Å². The van der Waals surface area contributed by atoms with Gasteiger partial charge in [0.2, 0.25) is 0 Å². The molecule has 14 heteroatoms. The molecule has 1 aromatic heterocycles. The zero-order valence-electron chi connectivity index (χ0n) is 25.2. The first-order valence-corrected chi connectivity index (χ1v) is 15.6. The smallest absolute Gasteiger partial charge is 0.387 e. The van der Waals surface area contributed by atoms with Crippen molar-refractivity contribution in [3.63, 3.8) is 0 Å². The summed E-state index contributed by atoms with van der Waals surface area (Å²) >= 11 is 12.6. The molecular weight excluding hydrogens is 673 g/mol. The standard InChI is InChI=1S/C34H30Cl2F2N2O8/c35-26-16-40(44)17-27(36)25(26)15-29(22-11-12-28(48-34(37)38)30(13-22)46-18-20-9-10-20)47-31(41)19-45-24-8-4-7-23(14-24)39-32(33(42)43)21-5-2-1-3-6-21/h1-8,11-14,16-17,20,29,32,34,39H,9-10,15,18-19H2,(H,42,43). The van der Waals surface area contributed by atoms with Crippen LogP contribution >= 0.6 is 23.2 Å². The van der Waals surface area contributed by atoms with E-state index in [4.69, 9.17) is 37.4 Å². The Morgan fingerprint density at radius 1 is 0.938 bits per heavy atom. The maximum atomic E-state index is 13.2. The molecule has 252 valence electrons. The molecule has 0 bridgehead atoms. The van der Waals surface area contributed by atoms with Crippen LogP contribution in [0.1, 0.15) is 41.7 Å². The van der Waals surface area contributed by atoms with Crippen molar-refractivity contribution in [3.05, 3.63) is 117 Å². The van der Waals surface area contributed by atoms with Crippen LogP contribution in [0.25, 0.3) is 0 Å². The SMILES string of the molecule is O=C(COc1cccc(NC(C(=O)O)c2ccccc2)c1)OC(Cc1c(Cl)c[n+]([O-])cc1Cl)c1ccc(OC(F)F)c(OCC2CC2)c1. The third kappa shape index (κ3) is 9.61. The topological polar surface area (TPSA) is 130 Å². The Morgan fingerprint density at radius 2 is 1.67 bits per heavy atom. The van der Waals surface area contributed by atoms with Gasteiger partial charge in [-0.3, -0.25) is 0 Å². The zero-order valence-corrected chi connectivity index (χ0v) is 26.7. The summed E-state index contributed by atoms with van der Waals surface area (Å²) in [6.45, 7) is -3.34. The number of nitrogens with one attached hydrogen (secondary N) is 1. The van der Waals surface area contributed by atoms with Gasteiger partial charge < -0.3 is 34.6 Å². The van der Waals surface area contributed by atoms with E-state index in [0.717, 1.165) is 25.2 Å². The third-order valence-corrected chi connectivity index (χ3v) is 7.98. The van der Waals surface area contributed by atoms with Crippen molar-refractivity contribution < 1.29 is 47.2 Å². The van der Waals surface area contributed by atoms with Gasteiger partial charge in [0, 0.05) is 23.7 Å². The first kappa shape index (κ1) is 34.5. The summed E-state index contributed by atoms with van der Waals surface area (Å²) < 4.78 is 48.6. The number of nitrogens with zero attached hydrogens (tertiary/aromatic N) is 1. The number of halogens is 4. The highest BCUT2D eigenvalue weighted by molar-refractivity contribution is 6.35. The lowest BCUT2D eigenvalue weighted by Gasteiger charge is -2.21. The van der Waals surface area contributed by atoms with E-state index in [1.807, 2.05) is 0 Å². The molecule has 1 aliphatic rings. The minimum Gasteiger partial charge on any atom is -0.619 e. The molecule has 2 N–H and O–H groups in total. The number of aliphatic carboxylic acids is 1. The van der Waals surface area contributed by atoms with Crippen LogP contribution in [-0.2, 0) is 20.7 Å². The number of pyridine rings is 1. The Kier molecular flexibility index (Phi) is 11.4. The Labute approximate surface area is 284 Å². The van der Waals surface area contributed by atoms with Gasteiger partial charge in [-0.15, -0.1) is 0 Å². The quantitative estimate of drug-likeness (QED) is 0.0709. The van der Waals surface area contributed by atoms with Gasteiger partial charge >= 0.3 is 18.6 Å². The van der Waals surface area contributed by atoms with Gasteiger partial charge in [0.1, 0.15) is 21.9 Å². The maximum Gasteiger partial charge on any atom is 0.387 e. The number of esters is 1. The minimum absolute atomic E-state index is 0.0251. The number of carboxylic acid groups (broad SMARTS) is 1. The Morgan fingerprint density at radius 3 is 2.33 bits per heavy atom. The highest BCUT2D eigenvalue weighted by atomic mass is 35.5. The first-order valence-electron chi connectivity index (χ1n) is 14.8. The van der Waals surface area contributed by atoms with Crippen LogP contribution in [0.3, 0.4) is 0 Å². The second-order valence-corrected chi connectivity index (χ2v) is 11.8. The van der Waals surface area contributed by atoms with Gasteiger partial charge in [0.05, 0.1) is 6.61 Å². The molecule has 1 aliphatic carbocycles. The first-order chi connectivity index (χ1) is 23.0. The zero-order chi connectivity index (χ0) is 34.2. The Balaban J connectivity index is 1.33. The van der Waals surface area contributed by atoms with Crippen molar-refractivity contribution in [2.75, 3.05) is 18.5 Å². The van der Waals surface area contributed by atoms with E-state index in [0.29, 0.717) is 39.6 Å². The van der Waals surface area contributed by atoms with E-state index in [1.54, 1.807) is 48.5 Å². The molecule has 3 aromatic carbocycles. The molecule has 0 amide bonds. The molecule has 0 radical (unpaired) electrons. The van der Waals surface area contributed by atoms with Crippen molar-refractivity contribution >= 4 is 40.8 Å². The summed E-state index contributed by atoms with van der Waals surface area (Å²) in [5, 5.41) is 24.6. The van der Waals surface area contributed by atoms with Crippen molar-refractivity contribution in [2.24, 2.45) is 5.92 Å². The van der Waals surface area contributed by atoms with E-state index in [9.17, 15) is 28.7 Å². The van der Waals surface area contributed by atoms with Crippen LogP contribution in [0.2, 0.25) is 10.0 Å². The van der Waals surface area contributed by atoms with Gasteiger partial charge in [-0.2, -0.15) is 13.5 Å². The molecule has 4 aromatic rings. The average molecular weight is 704 g/mol. The molecule has 0 aliphatic heterocycles. The van der Waals surface area contributed by atoms with Gasteiger partial charge in [0.25, 0.3) is 0 Å². The van der Waals surface area contributed by atoms with E-state index in [2.05, 4.69) is 10.1 Å². The predicted octanol–water partition coefficient (Wildman–Crippen LogP) is 7.16. The molecule has 1 heterocycles. The Bertz CT molecular complexity index is 1720. The number of anilines is 1. The second kappa shape index (κ2) is 15.9. The van der Waals surface area contributed by atoms with E-state index >= 15 is 0 Å². The molecular formula is C34H30Cl2F2N2O8. The van der Waals surface area contributed by atoms with Gasteiger partial charge in [-0.05, 0) is 54.2 Å². The largest absolute Gasteiger partial charge is 0.619 e. The van der Waals surface area contributed by atoms with Gasteiger partial charge in [0.15, 0.2) is 36.5 Å². The monoisotopic (exact) mass is 702 g/mol.